The van der Waals surface area contributed by atoms with Gasteiger partial charge in [0.05, 0.1) is 0 Å². The molecule has 0 aliphatic heterocycles. The number of allylic oxidation sites excluding steroid dienone is 2. The third-order valence-electron chi connectivity index (χ3n) is 3.06. The predicted octanol–water partition coefficient (Wildman–Crippen LogP) is 5.56. The summed E-state index contributed by atoms with van der Waals surface area (Å²) < 4.78 is 23.3. The standard InChI is InChI=1S/C14H32O4Si.C4H8/c1-6-10-11-12-15-14(5)18-19(13-7-2,16-8-3)17-9-4;1-3-4-2/h14H,6-13H2,1-5H3;3-4H,1-2H3. The van der Waals surface area contributed by atoms with Gasteiger partial charge in [-0.25, -0.2) is 0 Å². The zero-order valence-electron chi connectivity index (χ0n) is 16.5. The Hall–Kier alpha value is -0.203. The zero-order valence-corrected chi connectivity index (χ0v) is 17.5. The largest absolute Gasteiger partial charge is 0.502 e. The van der Waals surface area contributed by atoms with Crippen molar-refractivity contribution in [3.8, 4) is 0 Å². The van der Waals surface area contributed by atoms with Crippen LogP contribution in [0.15, 0.2) is 12.2 Å². The summed E-state index contributed by atoms with van der Waals surface area (Å²) in [5, 5.41) is 0. The van der Waals surface area contributed by atoms with Gasteiger partial charge >= 0.3 is 8.80 Å². The average molecular weight is 349 g/mol. The molecule has 4 nitrogen and oxygen atoms in total. The van der Waals surface area contributed by atoms with Crippen molar-refractivity contribution in [2.45, 2.75) is 86.5 Å². The number of ether oxygens (including phenoxy) is 1. The lowest BCUT2D eigenvalue weighted by Crippen LogP contribution is -2.48. The van der Waals surface area contributed by atoms with Gasteiger partial charge in [-0.05, 0) is 41.0 Å². The maximum atomic E-state index is 6.01. The molecule has 0 amide bonds. The van der Waals surface area contributed by atoms with Gasteiger partial charge in [0.15, 0.2) is 0 Å². The van der Waals surface area contributed by atoms with Crippen LogP contribution in [0.5, 0.6) is 0 Å². The number of hydrogen-bond acceptors (Lipinski definition) is 4. The minimum Gasteiger partial charge on any atom is -0.374 e. The molecule has 5 heteroatoms. The lowest BCUT2D eigenvalue weighted by Gasteiger charge is -2.31. The quantitative estimate of drug-likeness (QED) is 0.189. The predicted molar refractivity (Wildman–Crippen MR) is 101 cm³/mol. The van der Waals surface area contributed by atoms with E-state index in [9.17, 15) is 0 Å². The number of unbranched alkanes of at least 4 members (excludes halogenated alkanes) is 2. The Labute approximate surface area is 145 Å². The van der Waals surface area contributed by atoms with Gasteiger partial charge in [-0.1, -0.05) is 45.3 Å². The summed E-state index contributed by atoms with van der Waals surface area (Å²) in [5.41, 5.74) is 0. The van der Waals surface area contributed by atoms with E-state index < -0.39 is 8.80 Å². The van der Waals surface area contributed by atoms with Gasteiger partial charge in [0.2, 0.25) is 0 Å². The van der Waals surface area contributed by atoms with E-state index in [4.69, 9.17) is 18.0 Å². The van der Waals surface area contributed by atoms with Crippen molar-refractivity contribution >= 4 is 8.80 Å². The van der Waals surface area contributed by atoms with Crippen LogP contribution in [0, 0.1) is 0 Å². The van der Waals surface area contributed by atoms with Gasteiger partial charge in [0.25, 0.3) is 0 Å². The van der Waals surface area contributed by atoms with E-state index in [2.05, 4.69) is 13.8 Å². The molecular weight excluding hydrogens is 308 g/mol. The lowest BCUT2D eigenvalue weighted by molar-refractivity contribution is -0.109. The molecule has 23 heavy (non-hydrogen) atoms. The summed E-state index contributed by atoms with van der Waals surface area (Å²) >= 11 is 0. The molecule has 1 atom stereocenters. The Balaban J connectivity index is 0. The second-order valence-electron chi connectivity index (χ2n) is 5.23. The maximum absolute atomic E-state index is 6.01. The summed E-state index contributed by atoms with van der Waals surface area (Å²) in [7, 11) is -2.55. The Morgan fingerprint density at radius 2 is 1.43 bits per heavy atom. The Morgan fingerprint density at radius 1 is 0.870 bits per heavy atom. The van der Waals surface area contributed by atoms with Crippen molar-refractivity contribution in [3.05, 3.63) is 12.2 Å². The second kappa shape index (κ2) is 18.1. The van der Waals surface area contributed by atoms with E-state index in [1.54, 1.807) is 0 Å². The van der Waals surface area contributed by atoms with Crippen LogP contribution in [0.25, 0.3) is 0 Å². The molecule has 0 aliphatic carbocycles. The normalized spacial score (nSPS) is 13.0. The van der Waals surface area contributed by atoms with Crippen molar-refractivity contribution in [3.63, 3.8) is 0 Å². The molecule has 140 valence electrons. The SMILES string of the molecule is CC=CC.CCCCCOC(C)O[Si](CCC)(OCC)OCC. The highest BCUT2D eigenvalue weighted by Gasteiger charge is 2.41. The van der Waals surface area contributed by atoms with Gasteiger partial charge in [-0.3, -0.25) is 0 Å². The highest BCUT2D eigenvalue weighted by Crippen LogP contribution is 2.20. The van der Waals surface area contributed by atoms with Crippen LogP contribution in [-0.4, -0.2) is 34.9 Å². The van der Waals surface area contributed by atoms with Gasteiger partial charge < -0.3 is 18.0 Å². The minimum absolute atomic E-state index is 0.256. The van der Waals surface area contributed by atoms with Crippen molar-refractivity contribution in [1.29, 1.82) is 0 Å². The molecule has 0 spiro atoms. The fourth-order valence-electron chi connectivity index (χ4n) is 1.95. The van der Waals surface area contributed by atoms with E-state index in [-0.39, 0.29) is 6.29 Å². The molecule has 0 rings (SSSR count). The van der Waals surface area contributed by atoms with E-state index in [0.29, 0.717) is 13.2 Å². The molecule has 0 heterocycles. The highest BCUT2D eigenvalue weighted by atomic mass is 28.4. The molecular formula is C18H40O4Si. The summed E-state index contributed by atoms with van der Waals surface area (Å²) in [5.74, 6) is 0. The Morgan fingerprint density at radius 3 is 1.83 bits per heavy atom. The molecule has 1 unspecified atom stereocenters. The van der Waals surface area contributed by atoms with Gasteiger partial charge in [-0.15, -0.1) is 0 Å². The fourth-order valence-corrected chi connectivity index (χ4v) is 4.64. The van der Waals surface area contributed by atoms with Gasteiger partial charge in [0.1, 0.15) is 6.29 Å². The Bertz CT molecular complexity index is 238. The van der Waals surface area contributed by atoms with E-state index in [1.807, 2.05) is 46.8 Å². The van der Waals surface area contributed by atoms with E-state index in [1.165, 1.54) is 12.8 Å². The third-order valence-corrected chi connectivity index (χ3v) is 6.32. The molecule has 0 N–H and O–H groups in total. The van der Waals surface area contributed by atoms with Crippen LogP contribution in [-0.2, 0) is 18.0 Å². The van der Waals surface area contributed by atoms with E-state index >= 15 is 0 Å². The number of hydrogen-bond donors (Lipinski definition) is 0. The summed E-state index contributed by atoms with van der Waals surface area (Å²) in [6.45, 7) is 16.2. The van der Waals surface area contributed by atoms with Crippen LogP contribution in [0.3, 0.4) is 0 Å². The van der Waals surface area contributed by atoms with E-state index in [0.717, 1.165) is 25.5 Å². The topological polar surface area (TPSA) is 36.9 Å². The molecule has 0 aromatic heterocycles. The fraction of sp³-hybridized carbons (Fsp3) is 0.889. The van der Waals surface area contributed by atoms with Crippen LogP contribution in [0.1, 0.15) is 74.1 Å². The Kier molecular flexibility index (Phi) is 19.8. The highest BCUT2D eigenvalue weighted by molar-refractivity contribution is 6.60. The smallest absolute Gasteiger partial charge is 0.374 e. The van der Waals surface area contributed by atoms with Crippen molar-refractivity contribution < 1.29 is 18.0 Å². The first kappa shape index (κ1) is 25.0. The van der Waals surface area contributed by atoms with Crippen LogP contribution in [0.4, 0.5) is 0 Å². The minimum atomic E-state index is -2.55. The second-order valence-corrected chi connectivity index (χ2v) is 7.91. The van der Waals surface area contributed by atoms with Gasteiger partial charge in [-0.2, -0.15) is 0 Å². The molecule has 0 saturated carbocycles. The molecule has 0 radical (unpaired) electrons. The first-order valence-corrected chi connectivity index (χ1v) is 11.1. The monoisotopic (exact) mass is 348 g/mol. The van der Waals surface area contributed by atoms with Crippen molar-refractivity contribution in [2.75, 3.05) is 19.8 Å². The third kappa shape index (κ3) is 15.1. The van der Waals surface area contributed by atoms with Crippen LogP contribution < -0.4 is 0 Å². The molecule has 0 aromatic rings. The first-order valence-electron chi connectivity index (χ1n) is 9.20. The summed E-state index contributed by atoms with van der Waals surface area (Å²) in [4.78, 5) is 0. The van der Waals surface area contributed by atoms with Crippen molar-refractivity contribution in [1.82, 2.24) is 0 Å². The summed E-state index contributed by atoms with van der Waals surface area (Å²) in [6, 6.07) is 0.845. The zero-order chi connectivity index (χ0) is 18.0. The lowest BCUT2D eigenvalue weighted by atomic mass is 10.3. The molecule has 0 fully saturated rings. The average Bonchev–Trinajstić information content (AvgIpc) is 2.52. The molecule has 0 bridgehead atoms. The molecule has 0 aliphatic rings. The van der Waals surface area contributed by atoms with Crippen LogP contribution >= 0.6 is 0 Å². The summed E-state index contributed by atoms with van der Waals surface area (Å²) in [6.07, 6.45) is 8.21. The molecule has 0 saturated heterocycles. The van der Waals surface area contributed by atoms with Crippen molar-refractivity contribution in [2.24, 2.45) is 0 Å². The molecule has 0 aromatic carbocycles. The van der Waals surface area contributed by atoms with Crippen LogP contribution in [0.2, 0.25) is 6.04 Å². The first-order chi connectivity index (χ1) is 11.1. The maximum Gasteiger partial charge on any atom is 0.502 e. The number of rotatable bonds is 13. The van der Waals surface area contributed by atoms with Gasteiger partial charge in [0, 0.05) is 25.9 Å².